The van der Waals surface area contributed by atoms with Crippen LogP contribution in [0, 0.1) is 0 Å². The third kappa shape index (κ3) is 4.57. The molecule has 0 atom stereocenters. The summed E-state index contributed by atoms with van der Waals surface area (Å²) in [5.41, 5.74) is 1.42. The molecule has 0 spiro atoms. The van der Waals surface area contributed by atoms with E-state index in [1.807, 2.05) is 43.3 Å². The predicted octanol–water partition coefficient (Wildman–Crippen LogP) is 2.94. The Morgan fingerprint density at radius 2 is 1.82 bits per heavy atom. The van der Waals surface area contributed by atoms with Crippen molar-refractivity contribution in [3.05, 3.63) is 42.2 Å². The summed E-state index contributed by atoms with van der Waals surface area (Å²) in [6.45, 7) is 8.47. The van der Waals surface area contributed by atoms with Crippen LogP contribution in [0.4, 0.5) is 11.5 Å². The molecule has 2 heterocycles. The van der Waals surface area contributed by atoms with E-state index in [0.29, 0.717) is 30.9 Å². The van der Waals surface area contributed by atoms with E-state index in [0.717, 1.165) is 30.3 Å². The van der Waals surface area contributed by atoms with Crippen molar-refractivity contribution in [2.45, 2.75) is 33.6 Å². The van der Waals surface area contributed by atoms with E-state index in [2.05, 4.69) is 39.4 Å². The number of rotatable bonds is 9. The maximum absolute atomic E-state index is 12.3. The molecule has 8 nitrogen and oxygen atoms in total. The van der Waals surface area contributed by atoms with Crippen molar-refractivity contribution in [2.75, 3.05) is 29.9 Å². The van der Waals surface area contributed by atoms with Gasteiger partial charge in [-0.3, -0.25) is 4.79 Å². The Balaban J connectivity index is 1.64. The van der Waals surface area contributed by atoms with E-state index in [4.69, 9.17) is 4.74 Å². The van der Waals surface area contributed by atoms with Crippen molar-refractivity contribution >= 4 is 23.1 Å². The van der Waals surface area contributed by atoms with Gasteiger partial charge in [-0.1, -0.05) is 0 Å². The summed E-state index contributed by atoms with van der Waals surface area (Å²) < 4.78 is 7.12. The van der Waals surface area contributed by atoms with Gasteiger partial charge in [0.05, 0.1) is 6.61 Å². The highest BCUT2D eigenvalue weighted by Gasteiger charge is 2.12. The molecule has 1 amide bonds. The van der Waals surface area contributed by atoms with E-state index in [1.165, 1.54) is 0 Å². The number of carbonyl (C=O) groups excluding carboxylic acids is 1. The fourth-order valence-electron chi connectivity index (χ4n) is 2.95. The maximum atomic E-state index is 12.3. The van der Waals surface area contributed by atoms with Gasteiger partial charge in [0.25, 0.3) is 0 Å². The highest BCUT2D eigenvalue weighted by molar-refractivity contribution is 5.90. The van der Waals surface area contributed by atoms with Crippen molar-refractivity contribution in [3.8, 4) is 5.75 Å². The Morgan fingerprint density at radius 1 is 1.07 bits per heavy atom. The van der Waals surface area contributed by atoms with Crippen molar-refractivity contribution in [1.82, 2.24) is 19.8 Å². The van der Waals surface area contributed by atoms with E-state index >= 15 is 0 Å². The average molecular weight is 382 g/mol. The zero-order chi connectivity index (χ0) is 19.9. The SMILES string of the molecule is CCOc1ccc(NC(=O)CCc2nnc3ccc(N(CC)CC)nn23)cc1. The number of benzene rings is 1. The average Bonchev–Trinajstić information content (AvgIpc) is 3.11. The van der Waals surface area contributed by atoms with E-state index in [9.17, 15) is 4.79 Å². The van der Waals surface area contributed by atoms with Gasteiger partial charge in [-0.15, -0.1) is 15.3 Å². The zero-order valence-corrected chi connectivity index (χ0v) is 16.6. The summed E-state index contributed by atoms with van der Waals surface area (Å²) in [7, 11) is 0. The summed E-state index contributed by atoms with van der Waals surface area (Å²) in [4.78, 5) is 14.4. The first-order valence-corrected chi connectivity index (χ1v) is 9.63. The van der Waals surface area contributed by atoms with Crippen LogP contribution in [0.1, 0.15) is 33.0 Å². The number of nitrogens with one attached hydrogen (secondary N) is 1. The first-order chi connectivity index (χ1) is 13.6. The lowest BCUT2D eigenvalue weighted by Gasteiger charge is -2.19. The highest BCUT2D eigenvalue weighted by Crippen LogP contribution is 2.16. The second kappa shape index (κ2) is 9.16. The number of anilines is 2. The molecule has 0 saturated carbocycles. The molecule has 148 valence electrons. The predicted molar refractivity (Wildman–Crippen MR) is 109 cm³/mol. The molecule has 0 fully saturated rings. The molecule has 0 radical (unpaired) electrons. The molecular formula is C20H26N6O2. The minimum Gasteiger partial charge on any atom is -0.494 e. The molecular weight excluding hydrogens is 356 g/mol. The van der Waals surface area contributed by atoms with Gasteiger partial charge in [-0.05, 0) is 57.2 Å². The minimum atomic E-state index is -0.0826. The molecule has 0 aliphatic rings. The largest absolute Gasteiger partial charge is 0.494 e. The molecule has 3 rings (SSSR count). The molecule has 3 aromatic rings. The number of fused-ring (bicyclic) bond motifs is 1. The van der Waals surface area contributed by atoms with Gasteiger partial charge in [0.2, 0.25) is 5.91 Å². The molecule has 0 unspecified atom stereocenters. The molecule has 28 heavy (non-hydrogen) atoms. The monoisotopic (exact) mass is 382 g/mol. The first-order valence-electron chi connectivity index (χ1n) is 9.63. The smallest absolute Gasteiger partial charge is 0.224 e. The molecule has 0 saturated heterocycles. The van der Waals surface area contributed by atoms with Crippen LogP contribution in [0.2, 0.25) is 0 Å². The fourth-order valence-corrected chi connectivity index (χ4v) is 2.95. The number of carbonyl (C=O) groups is 1. The minimum absolute atomic E-state index is 0.0826. The van der Waals surface area contributed by atoms with Crippen molar-refractivity contribution in [3.63, 3.8) is 0 Å². The second-order valence-electron chi connectivity index (χ2n) is 6.26. The molecule has 2 aromatic heterocycles. The third-order valence-corrected chi connectivity index (χ3v) is 4.43. The first kappa shape index (κ1) is 19.6. The van der Waals surface area contributed by atoms with Gasteiger partial charge < -0.3 is 15.0 Å². The molecule has 1 N–H and O–H groups in total. The normalized spacial score (nSPS) is 10.8. The van der Waals surface area contributed by atoms with Gasteiger partial charge in [0.1, 0.15) is 11.6 Å². The fraction of sp³-hybridized carbons (Fsp3) is 0.400. The van der Waals surface area contributed by atoms with Crippen molar-refractivity contribution in [1.29, 1.82) is 0 Å². The van der Waals surface area contributed by atoms with Crippen LogP contribution in [0.3, 0.4) is 0 Å². The zero-order valence-electron chi connectivity index (χ0n) is 16.6. The number of aromatic nitrogens is 4. The third-order valence-electron chi connectivity index (χ3n) is 4.43. The maximum Gasteiger partial charge on any atom is 0.224 e. The lowest BCUT2D eigenvalue weighted by atomic mass is 10.2. The Labute approximate surface area is 164 Å². The number of ether oxygens (including phenoxy) is 1. The van der Waals surface area contributed by atoms with Crippen molar-refractivity contribution < 1.29 is 9.53 Å². The van der Waals surface area contributed by atoms with Crippen LogP contribution in [0.5, 0.6) is 5.75 Å². The summed E-state index contributed by atoms with van der Waals surface area (Å²) >= 11 is 0. The number of amides is 1. The standard InChI is InChI=1S/C20H26N6O2/c1-4-25(5-2)19-12-11-17-22-23-18(26(17)24-19)13-14-20(27)21-15-7-9-16(10-8-15)28-6-3/h7-12H,4-6,13-14H2,1-3H3,(H,21,27). The number of hydrogen-bond donors (Lipinski definition) is 1. The van der Waals surface area contributed by atoms with E-state index < -0.39 is 0 Å². The van der Waals surface area contributed by atoms with E-state index in [-0.39, 0.29) is 5.91 Å². The second-order valence-corrected chi connectivity index (χ2v) is 6.26. The van der Waals surface area contributed by atoms with Crippen LogP contribution in [0.25, 0.3) is 5.65 Å². The number of nitrogens with zero attached hydrogens (tertiary/aromatic N) is 5. The van der Waals surface area contributed by atoms with Crippen LogP contribution >= 0.6 is 0 Å². The Hall–Kier alpha value is -3.16. The summed E-state index contributed by atoms with van der Waals surface area (Å²) in [5, 5.41) is 15.9. The summed E-state index contributed by atoms with van der Waals surface area (Å²) in [5.74, 6) is 2.24. The molecule has 0 aliphatic carbocycles. The van der Waals surface area contributed by atoms with Crippen LogP contribution in [-0.4, -0.2) is 45.4 Å². The summed E-state index contributed by atoms with van der Waals surface area (Å²) in [6.07, 6.45) is 0.754. The van der Waals surface area contributed by atoms with Crippen LogP contribution in [-0.2, 0) is 11.2 Å². The van der Waals surface area contributed by atoms with Gasteiger partial charge in [0, 0.05) is 31.6 Å². The van der Waals surface area contributed by atoms with Crippen molar-refractivity contribution in [2.24, 2.45) is 0 Å². The molecule has 0 aliphatic heterocycles. The van der Waals surface area contributed by atoms with Crippen LogP contribution in [0.15, 0.2) is 36.4 Å². The highest BCUT2D eigenvalue weighted by atomic mass is 16.5. The Bertz CT molecular complexity index is 918. The van der Waals surface area contributed by atoms with Gasteiger partial charge in [-0.25, -0.2) is 0 Å². The lowest BCUT2D eigenvalue weighted by Crippen LogP contribution is -2.23. The molecule has 0 bridgehead atoms. The topological polar surface area (TPSA) is 84.6 Å². The summed E-state index contributed by atoms with van der Waals surface area (Å²) in [6, 6.07) is 11.2. The molecule has 1 aromatic carbocycles. The number of hydrogen-bond acceptors (Lipinski definition) is 6. The van der Waals surface area contributed by atoms with Crippen LogP contribution < -0.4 is 15.0 Å². The quantitative estimate of drug-likeness (QED) is 0.612. The van der Waals surface area contributed by atoms with E-state index in [1.54, 1.807) is 4.52 Å². The van der Waals surface area contributed by atoms with Gasteiger partial charge in [-0.2, -0.15) is 4.52 Å². The number of aryl methyl sites for hydroxylation is 1. The Kier molecular flexibility index (Phi) is 6.41. The van der Waals surface area contributed by atoms with Gasteiger partial charge >= 0.3 is 0 Å². The molecule has 8 heteroatoms. The Morgan fingerprint density at radius 3 is 2.50 bits per heavy atom. The van der Waals surface area contributed by atoms with Gasteiger partial charge in [0.15, 0.2) is 11.5 Å². The lowest BCUT2D eigenvalue weighted by molar-refractivity contribution is -0.116.